The van der Waals surface area contributed by atoms with Crippen LogP contribution in [0.5, 0.6) is 0 Å². The Morgan fingerprint density at radius 2 is 1.95 bits per heavy atom. The number of nitriles is 1. The van der Waals surface area contributed by atoms with Crippen LogP contribution < -0.4 is 5.32 Å². The molecule has 0 bridgehead atoms. The minimum absolute atomic E-state index is 0.132. The van der Waals surface area contributed by atoms with E-state index in [0.29, 0.717) is 10.6 Å². The Kier molecular flexibility index (Phi) is 4.09. The summed E-state index contributed by atoms with van der Waals surface area (Å²) in [4.78, 5) is 0. The highest BCUT2D eigenvalue weighted by Crippen LogP contribution is 2.28. The third-order valence-corrected chi connectivity index (χ3v) is 3.45. The zero-order valence-corrected chi connectivity index (χ0v) is 11.7. The summed E-state index contributed by atoms with van der Waals surface area (Å²) < 4.78 is 0. The van der Waals surface area contributed by atoms with Crippen molar-refractivity contribution in [3.63, 3.8) is 0 Å². The summed E-state index contributed by atoms with van der Waals surface area (Å²) in [5.74, 6) is 0. The summed E-state index contributed by atoms with van der Waals surface area (Å²) in [6.45, 7) is 4.17. The first-order chi connectivity index (χ1) is 9.11. The molecule has 0 heterocycles. The van der Waals surface area contributed by atoms with Gasteiger partial charge in [0.05, 0.1) is 22.3 Å². The first kappa shape index (κ1) is 13.5. The van der Waals surface area contributed by atoms with Crippen LogP contribution in [0.2, 0.25) is 5.02 Å². The number of aryl methyl sites for hydroxylation is 1. The van der Waals surface area contributed by atoms with Gasteiger partial charge >= 0.3 is 0 Å². The van der Waals surface area contributed by atoms with Crippen molar-refractivity contribution in [3.8, 4) is 6.07 Å². The first-order valence-electron chi connectivity index (χ1n) is 6.13. The molecule has 1 N–H and O–H groups in total. The third-order valence-electron chi connectivity index (χ3n) is 3.12. The van der Waals surface area contributed by atoms with Gasteiger partial charge in [-0.1, -0.05) is 35.9 Å². The maximum Gasteiger partial charge on any atom is 0.0992 e. The number of nitrogens with zero attached hydrogens (tertiary/aromatic N) is 1. The molecule has 0 aliphatic heterocycles. The molecule has 0 radical (unpaired) electrons. The van der Waals surface area contributed by atoms with Crippen LogP contribution in [0.25, 0.3) is 0 Å². The molecule has 0 saturated heterocycles. The van der Waals surface area contributed by atoms with Crippen LogP contribution in [0.1, 0.15) is 29.7 Å². The largest absolute Gasteiger partial charge is 0.377 e. The topological polar surface area (TPSA) is 35.8 Å². The number of benzene rings is 2. The summed E-state index contributed by atoms with van der Waals surface area (Å²) in [5, 5.41) is 12.9. The van der Waals surface area contributed by atoms with Crippen molar-refractivity contribution >= 4 is 17.3 Å². The molecule has 0 spiro atoms. The lowest BCUT2D eigenvalue weighted by Crippen LogP contribution is -2.08. The Labute approximate surface area is 118 Å². The van der Waals surface area contributed by atoms with E-state index in [1.807, 2.05) is 12.1 Å². The number of anilines is 1. The summed E-state index contributed by atoms with van der Waals surface area (Å²) in [6.07, 6.45) is 0. The monoisotopic (exact) mass is 270 g/mol. The molecule has 1 atom stereocenters. The summed E-state index contributed by atoms with van der Waals surface area (Å²) in [6, 6.07) is 15.7. The van der Waals surface area contributed by atoms with Crippen LogP contribution in [0, 0.1) is 18.3 Å². The number of hydrogen-bond donors (Lipinski definition) is 1. The molecule has 2 aromatic carbocycles. The van der Waals surface area contributed by atoms with Crippen molar-refractivity contribution in [2.24, 2.45) is 0 Å². The molecular weight excluding hydrogens is 256 g/mol. The molecule has 2 aromatic rings. The second kappa shape index (κ2) is 5.77. The lowest BCUT2D eigenvalue weighted by molar-refractivity contribution is 0.874. The van der Waals surface area contributed by atoms with Crippen molar-refractivity contribution in [2.45, 2.75) is 19.9 Å². The first-order valence-corrected chi connectivity index (χ1v) is 6.51. The van der Waals surface area contributed by atoms with E-state index in [-0.39, 0.29) is 6.04 Å². The van der Waals surface area contributed by atoms with Gasteiger partial charge in [0.15, 0.2) is 0 Å². The predicted molar refractivity (Wildman–Crippen MR) is 79.4 cm³/mol. The highest BCUT2D eigenvalue weighted by molar-refractivity contribution is 6.33. The van der Waals surface area contributed by atoms with E-state index in [1.165, 1.54) is 11.1 Å². The van der Waals surface area contributed by atoms with Gasteiger partial charge in [0, 0.05) is 6.04 Å². The van der Waals surface area contributed by atoms with Crippen LogP contribution in [0.4, 0.5) is 5.69 Å². The Balaban J connectivity index is 2.27. The predicted octanol–water partition coefficient (Wildman–Crippen LogP) is 4.69. The average Bonchev–Trinajstić information content (AvgIpc) is 2.41. The molecule has 0 aromatic heterocycles. The van der Waals surface area contributed by atoms with Gasteiger partial charge in [-0.15, -0.1) is 0 Å². The summed E-state index contributed by atoms with van der Waals surface area (Å²) in [5.41, 5.74) is 3.84. The molecule has 3 heteroatoms. The summed E-state index contributed by atoms with van der Waals surface area (Å²) in [7, 11) is 0. The van der Waals surface area contributed by atoms with Gasteiger partial charge in [0.1, 0.15) is 0 Å². The molecule has 0 aliphatic rings. The molecule has 0 fully saturated rings. The fourth-order valence-corrected chi connectivity index (χ4v) is 2.26. The van der Waals surface area contributed by atoms with E-state index in [0.717, 1.165) is 5.69 Å². The van der Waals surface area contributed by atoms with Crippen molar-refractivity contribution < 1.29 is 0 Å². The Hall–Kier alpha value is -1.98. The summed E-state index contributed by atoms with van der Waals surface area (Å²) >= 11 is 6.15. The van der Waals surface area contributed by atoms with Gasteiger partial charge in [0.2, 0.25) is 0 Å². The Morgan fingerprint density at radius 1 is 1.21 bits per heavy atom. The molecule has 19 heavy (non-hydrogen) atoms. The van der Waals surface area contributed by atoms with Crippen LogP contribution in [-0.2, 0) is 0 Å². The van der Waals surface area contributed by atoms with Gasteiger partial charge in [-0.25, -0.2) is 0 Å². The molecule has 0 aliphatic carbocycles. The SMILES string of the molecule is Cc1ccccc1C(C)Nc1cc(C#N)ccc1Cl. The van der Waals surface area contributed by atoms with Gasteiger partial charge in [-0.2, -0.15) is 5.26 Å². The lowest BCUT2D eigenvalue weighted by atomic mass is 10.0. The smallest absolute Gasteiger partial charge is 0.0992 e. The molecule has 96 valence electrons. The van der Waals surface area contributed by atoms with Crippen LogP contribution >= 0.6 is 11.6 Å². The number of halogens is 1. The minimum atomic E-state index is 0.132. The Morgan fingerprint density at radius 3 is 2.63 bits per heavy atom. The molecule has 1 unspecified atom stereocenters. The normalized spacial score (nSPS) is 11.7. The second-order valence-corrected chi connectivity index (χ2v) is 4.94. The number of hydrogen-bond acceptors (Lipinski definition) is 2. The maximum atomic E-state index is 8.93. The van der Waals surface area contributed by atoms with Crippen molar-refractivity contribution in [3.05, 3.63) is 64.2 Å². The van der Waals surface area contributed by atoms with Gasteiger partial charge in [0.25, 0.3) is 0 Å². The number of rotatable bonds is 3. The van der Waals surface area contributed by atoms with E-state index in [2.05, 4.69) is 37.4 Å². The van der Waals surface area contributed by atoms with E-state index in [1.54, 1.807) is 18.2 Å². The second-order valence-electron chi connectivity index (χ2n) is 4.53. The van der Waals surface area contributed by atoms with E-state index in [9.17, 15) is 0 Å². The number of nitrogens with one attached hydrogen (secondary N) is 1. The average molecular weight is 271 g/mol. The van der Waals surface area contributed by atoms with E-state index >= 15 is 0 Å². The van der Waals surface area contributed by atoms with Gasteiger partial charge in [-0.3, -0.25) is 0 Å². The van der Waals surface area contributed by atoms with Crippen molar-refractivity contribution in [2.75, 3.05) is 5.32 Å². The molecule has 2 rings (SSSR count). The zero-order chi connectivity index (χ0) is 13.8. The van der Waals surface area contributed by atoms with E-state index < -0.39 is 0 Å². The standard InChI is InChI=1S/C16H15ClN2/c1-11-5-3-4-6-14(11)12(2)19-16-9-13(10-18)7-8-15(16)17/h3-9,12,19H,1-2H3. The molecule has 2 nitrogen and oxygen atoms in total. The van der Waals surface area contributed by atoms with Gasteiger partial charge < -0.3 is 5.32 Å². The fraction of sp³-hybridized carbons (Fsp3) is 0.188. The molecule has 0 saturated carbocycles. The molecular formula is C16H15ClN2. The van der Waals surface area contributed by atoms with E-state index in [4.69, 9.17) is 16.9 Å². The fourth-order valence-electron chi connectivity index (χ4n) is 2.09. The highest BCUT2D eigenvalue weighted by Gasteiger charge is 2.10. The molecule has 0 amide bonds. The lowest BCUT2D eigenvalue weighted by Gasteiger charge is -2.18. The minimum Gasteiger partial charge on any atom is -0.377 e. The van der Waals surface area contributed by atoms with Crippen LogP contribution in [0.15, 0.2) is 42.5 Å². The van der Waals surface area contributed by atoms with Crippen LogP contribution in [0.3, 0.4) is 0 Å². The third kappa shape index (κ3) is 3.07. The quantitative estimate of drug-likeness (QED) is 0.878. The van der Waals surface area contributed by atoms with Crippen molar-refractivity contribution in [1.82, 2.24) is 0 Å². The van der Waals surface area contributed by atoms with Crippen molar-refractivity contribution in [1.29, 1.82) is 5.26 Å². The van der Waals surface area contributed by atoms with Crippen LogP contribution in [-0.4, -0.2) is 0 Å². The Bertz CT molecular complexity index is 629. The highest BCUT2D eigenvalue weighted by atomic mass is 35.5. The maximum absolute atomic E-state index is 8.93. The van der Waals surface area contributed by atoms with Gasteiger partial charge in [-0.05, 0) is 43.2 Å². The zero-order valence-electron chi connectivity index (χ0n) is 10.9.